The Hall–Kier alpha value is -2.44. The molecule has 1 unspecified atom stereocenters. The zero-order valence-corrected chi connectivity index (χ0v) is 11.8. The number of hydrogen-bond donors (Lipinski definition) is 0. The molecule has 7 nitrogen and oxygen atoms in total. The van der Waals surface area contributed by atoms with Gasteiger partial charge in [-0.25, -0.2) is 4.79 Å². The van der Waals surface area contributed by atoms with Crippen LogP contribution < -0.4 is 14.2 Å². The number of benzene rings is 1. The van der Waals surface area contributed by atoms with E-state index in [1.165, 1.54) is 7.11 Å². The van der Waals surface area contributed by atoms with Crippen LogP contribution >= 0.6 is 0 Å². The molecule has 2 heterocycles. The van der Waals surface area contributed by atoms with Crippen molar-refractivity contribution in [2.24, 2.45) is 5.16 Å². The average Bonchev–Trinajstić information content (AvgIpc) is 3.15. The van der Waals surface area contributed by atoms with Crippen molar-refractivity contribution in [1.82, 2.24) is 0 Å². The van der Waals surface area contributed by atoms with Gasteiger partial charge in [-0.3, -0.25) is 0 Å². The van der Waals surface area contributed by atoms with Gasteiger partial charge in [-0.05, 0) is 6.07 Å². The molecule has 0 N–H and O–H groups in total. The lowest BCUT2D eigenvalue weighted by Gasteiger charge is -2.13. The molecule has 7 heteroatoms. The Morgan fingerprint density at radius 2 is 2.24 bits per heavy atom. The first-order chi connectivity index (χ1) is 10.2. The van der Waals surface area contributed by atoms with Crippen LogP contribution in [0.4, 0.5) is 0 Å². The van der Waals surface area contributed by atoms with Crippen LogP contribution in [0.3, 0.4) is 0 Å². The number of ether oxygens (including phenoxy) is 4. The van der Waals surface area contributed by atoms with Crippen LogP contribution in [0.2, 0.25) is 0 Å². The zero-order chi connectivity index (χ0) is 14.8. The fraction of sp³-hybridized carbons (Fsp3) is 0.429. The Labute approximate surface area is 121 Å². The summed E-state index contributed by atoms with van der Waals surface area (Å²) in [5.74, 6) is 1.42. The summed E-state index contributed by atoms with van der Waals surface area (Å²) in [5.41, 5.74) is 1.20. The Balaban J connectivity index is 1.74. The van der Waals surface area contributed by atoms with Crippen molar-refractivity contribution in [2.45, 2.75) is 18.9 Å². The summed E-state index contributed by atoms with van der Waals surface area (Å²) < 4.78 is 20.8. The van der Waals surface area contributed by atoms with E-state index in [0.717, 1.165) is 5.56 Å². The fourth-order valence-electron chi connectivity index (χ4n) is 2.39. The summed E-state index contributed by atoms with van der Waals surface area (Å²) >= 11 is 0. The molecule has 0 amide bonds. The third-order valence-electron chi connectivity index (χ3n) is 3.38. The lowest BCUT2D eigenvalue weighted by molar-refractivity contribution is -0.132. The van der Waals surface area contributed by atoms with Crippen LogP contribution in [0.25, 0.3) is 0 Å². The first-order valence-electron chi connectivity index (χ1n) is 6.49. The molecule has 0 bridgehead atoms. The summed E-state index contributed by atoms with van der Waals surface area (Å²) in [5, 5.41) is 3.76. The Kier molecular flexibility index (Phi) is 3.55. The molecule has 0 saturated heterocycles. The maximum absolute atomic E-state index is 11.4. The minimum atomic E-state index is -0.463. The van der Waals surface area contributed by atoms with E-state index in [1.54, 1.807) is 7.11 Å². The summed E-state index contributed by atoms with van der Waals surface area (Å²) in [6.45, 7) is 0.185. The highest BCUT2D eigenvalue weighted by atomic mass is 16.7. The topological polar surface area (TPSA) is 75.6 Å². The number of rotatable bonds is 4. The lowest BCUT2D eigenvalue weighted by atomic mass is 10.0. The number of hydrogen-bond acceptors (Lipinski definition) is 7. The molecular formula is C14H15NO6. The van der Waals surface area contributed by atoms with Crippen molar-refractivity contribution < 1.29 is 28.6 Å². The highest BCUT2D eigenvalue weighted by Crippen LogP contribution is 2.43. The molecule has 112 valence electrons. The van der Waals surface area contributed by atoms with E-state index in [0.29, 0.717) is 35.8 Å². The molecule has 1 atom stereocenters. The molecule has 0 fully saturated rings. The van der Waals surface area contributed by atoms with Crippen molar-refractivity contribution >= 4 is 11.7 Å². The van der Waals surface area contributed by atoms with Gasteiger partial charge in [0.2, 0.25) is 12.5 Å². The molecule has 0 aliphatic carbocycles. The standard InChI is InChI=1S/C14H15NO6/c1-17-12-8(3-4-11-13(12)20-7-19-11)5-9-6-10(15-21-9)14(16)18-2/h3-4,9H,5-7H2,1-2H3. The van der Waals surface area contributed by atoms with Crippen molar-refractivity contribution in [3.8, 4) is 17.2 Å². The van der Waals surface area contributed by atoms with Crippen LogP contribution in [0.15, 0.2) is 17.3 Å². The summed E-state index contributed by atoms with van der Waals surface area (Å²) in [7, 11) is 2.89. The van der Waals surface area contributed by atoms with E-state index >= 15 is 0 Å². The van der Waals surface area contributed by atoms with Gasteiger partial charge in [0.25, 0.3) is 0 Å². The number of carbonyl (C=O) groups is 1. The maximum atomic E-state index is 11.4. The fourth-order valence-corrected chi connectivity index (χ4v) is 2.39. The maximum Gasteiger partial charge on any atom is 0.355 e. The molecule has 0 saturated carbocycles. The number of fused-ring (bicyclic) bond motifs is 1. The molecule has 0 aromatic heterocycles. The minimum Gasteiger partial charge on any atom is -0.492 e. The molecule has 0 radical (unpaired) electrons. The van der Waals surface area contributed by atoms with E-state index in [1.807, 2.05) is 12.1 Å². The Morgan fingerprint density at radius 3 is 3.00 bits per heavy atom. The summed E-state index contributed by atoms with van der Waals surface area (Å²) in [4.78, 5) is 16.7. The molecule has 2 aliphatic rings. The number of nitrogens with zero attached hydrogens (tertiary/aromatic N) is 1. The van der Waals surface area contributed by atoms with Crippen LogP contribution in [-0.4, -0.2) is 38.8 Å². The number of methoxy groups -OCH3 is 2. The molecule has 21 heavy (non-hydrogen) atoms. The quantitative estimate of drug-likeness (QED) is 0.779. The normalized spacial score (nSPS) is 19.0. The van der Waals surface area contributed by atoms with Gasteiger partial charge in [0.1, 0.15) is 6.10 Å². The summed E-state index contributed by atoms with van der Waals surface area (Å²) in [6.07, 6.45) is 0.724. The van der Waals surface area contributed by atoms with Gasteiger partial charge in [0, 0.05) is 18.4 Å². The SMILES string of the molecule is COC(=O)C1=NOC(Cc2ccc3c(c2OC)OCO3)C1. The van der Waals surface area contributed by atoms with Gasteiger partial charge in [-0.2, -0.15) is 0 Å². The van der Waals surface area contributed by atoms with Crippen LogP contribution in [0.5, 0.6) is 17.2 Å². The van der Waals surface area contributed by atoms with E-state index in [4.69, 9.17) is 19.0 Å². The third kappa shape index (κ3) is 2.46. The van der Waals surface area contributed by atoms with Gasteiger partial charge in [-0.1, -0.05) is 11.2 Å². The predicted molar refractivity (Wildman–Crippen MR) is 71.8 cm³/mol. The van der Waals surface area contributed by atoms with Crippen LogP contribution in [-0.2, 0) is 20.8 Å². The minimum absolute atomic E-state index is 0.185. The van der Waals surface area contributed by atoms with Crippen molar-refractivity contribution in [2.75, 3.05) is 21.0 Å². The second-order valence-electron chi connectivity index (χ2n) is 4.66. The van der Waals surface area contributed by atoms with Crippen LogP contribution in [0.1, 0.15) is 12.0 Å². The van der Waals surface area contributed by atoms with Gasteiger partial charge in [0.15, 0.2) is 17.2 Å². The number of carbonyl (C=O) groups excluding carboxylic acids is 1. The zero-order valence-electron chi connectivity index (χ0n) is 11.8. The Morgan fingerprint density at radius 1 is 1.38 bits per heavy atom. The molecule has 0 spiro atoms. The van der Waals surface area contributed by atoms with E-state index in [-0.39, 0.29) is 12.9 Å². The van der Waals surface area contributed by atoms with Gasteiger partial charge in [-0.15, -0.1) is 0 Å². The van der Waals surface area contributed by atoms with Crippen molar-refractivity contribution in [1.29, 1.82) is 0 Å². The molecular weight excluding hydrogens is 278 g/mol. The average molecular weight is 293 g/mol. The first kappa shape index (κ1) is 13.5. The molecule has 3 rings (SSSR count). The second-order valence-corrected chi connectivity index (χ2v) is 4.66. The van der Waals surface area contributed by atoms with Gasteiger partial charge < -0.3 is 23.8 Å². The highest BCUT2D eigenvalue weighted by Gasteiger charge is 2.29. The largest absolute Gasteiger partial charge is 0.492 e. The first-order valence-corrected chi connectivity index (χ1v) is 6.49. The monoisotopic (exact) mass is 293 g/mol. The molecule has 2 aliphatic heterocycles. The Bertz CT molecular complexity index is 597. The second kappa shape index (κ2) is 5.51. The lowest BCUT2D eigenvalue weighted by Crippen LogP contribution is -2.18. The molecule has 1 aromatic carbocycles. The van der Waals surface area contributed by atoms with Gasteiger partial charge >= 0.3 is 5.97 Å². The van der Waals surface area contributed by atoms with Crippen molar-refractivity contribution in [3.05, 3.63) is 17.7 Å². The number of oxime groups is 1. The smallest absolute Gasteiger partial charge is 0.355 e. The van der Waals surface area contributed by atoms with E-state index in [9.17, 15) is 4.79 Å². The van der Waals surface area contributed by atoms with E-state index < -0.39 is 5.97 Å². The van der Waals surface area contributed by atoms with Gasteiger partial charge in [0.05, 0.1) is 14.2 Å². The van der Waals surface area contributed by atoms with Crippen LogP contribution in [0, 0.1) is 0 Å². The summed E-state index contributed by atoms with van der Waals surface area (Å²) in [6, 6.07) is 3.73. The predicted octanol–water partition coefficient (Wildman–Crippen LogP) is 1.28. The third-order valence-corrected chi connectivity index (χ3v) is 3.38. The number of esters is 1. The van der Waals surface area contributed by atoms with E-state index in [2.05, 4.69) is 9.89 Å². The highest BCUT2D eigenvalue weighted by molar-refractivity contribution is 6.36. The van der Waals surface area contributed by atoms with Crippen molar-refractivity contribution in [3.63, 3.8) is 0 Å². The molecule has 1 aromatic rings.